The fraction of sp³-hybridized carbons (Fsp3) is 0.200. The number of hydrogen-bond donors (Lipinski definition) is 0. The number of rotatable bonds is 4. The maximum absolute atomic E-state index is 12.8. The standard InChI is InChI=1S/C15H12FNO2/c1-2-12-7-8-14(19-12)15(18)13(9-17)10-3-5-11(16)6-4-10/h3-8,13H,2H2,1H3. The summed E-state index contributed by atoms with van der Waals surface area (Å²) in [4.78, 5) is 12.2. The number of carbonyl (C=O) groups excluding carboxylic acids is 1. The van der Waals surface area contributed by atoms with E-state index in [4.69, 9.17) is 9.68 Å². The van der Waals surface area contributed by atoms with E-state index in [9.17, 15) is 9.18 Å². The Balaban J connectivity index is 2.29. The Morgan fingerprint density at radius 3 is 2.53 bits per heavy atom. The molecule has 1 aromatic carbocycles. The lowest BCUT2D eigenvalue weighted by Gasteiger charge is -2.06. The zero-order chi connectivity index (χ0) is 13.8. The smallest absolute Gasteiger partial charge is 0.219 e. The third kappa shape index (κ3) is 2.71. The lowest BCUT2D eigenvalue weighted by Crippen LogP contribution is -2.10. The van der Waals surface area contributed by atoms with Crippen LogP contribution in [0.3, 0.4) is 0 Å². The largest absolute Gasteiger partial charge is 0.458 e. The maximum Gasteiger partial charge on any atom is 0.219 e. The number of furan rings is 1. The Labute approximate surface area is 110 Å². The van der Waals surface area contributed by atoms with Gasteiger partial charge in [0.2, 0.25) is 5.78 Å². The van der Waals surface area contributed by atoms with Crippen molar-refractivity contribution in [2.75, 3.05) is 0 Å². The van der Waals surface area contributed by atoms with E-state index < -0.39 is 17.5 Å². The molecular weight excluding hydrogens is 245 g/mol. The molecule has 1 aromatic heterocycles. The van der Waals surface area contributed by atoms with Crippen molar-refractivity contribution >= 4 is 5.78 Å². The summed E-state index contributed by atoms with van der Waals surface area (Å²) in [5.74, 6) is -0.934. The average Bonchev–Trinajstić information content (AvgIpc) is 2.90. The molecule has 19 heavy (non-hydrogen) atoms. The summed E-state index contributed by atoms with van der Waals surface area (Å²) in [5.41, 5.74) is 0.461. The Morgan fingerprint density at radius 1 is 1.32 bits per heavy atom. The zero-order valence-electron chi connectivity index (χ0n) is 10.4. The van der Waals surface area contributed by atoms with Crippen LogP contribution in [-0.2, 0) is 6.42 Å². The van der Waals surface area contributed by atoms with E-state index in [2.05, 4.69) is 0 Å². The monoisotopic (exact) mass is 257 g/mol. The summed E-state index contributed by atoms with van der Waals surface area (Å²) in [6.45, 7) is 1.91. The van der Waals surface area contributed by atoms with Crippen molar-refractivity contribution in [3.05, 3.63) is 59.3 Å². The molecule has 0 aliphatic heterocycles. The quantitative estimate of drug-likeness (QED) is 0.788. The highest BCUT2D eigenvalue weighted by atomic mass is 19.1. The van der Waals surface area contributed by atoms with Crippen molar-refractivity contribution in [2.45, 2.75) is 19.3 Å². The Bertz CT molecular complexity index is 622. The molecule has 1 unspecified atom stereocenters. The number of carbonyl (C=O) groups is 1. The number of hydrogen-bond acceptors (Lipinski definition) is 3. The second kappa shape index (κ2) is 5.49. The summed E-state index contributed by atoms with van der Waals surface area (Å²) in [6.07, 6.45) is 0.682. The molecule has 96 valence electrons. The van der Waals surface area contributed by atoms with Crippen molar-refractivity contribution in [3.63, 3.8) is 0 Å². The first-order valence-corrected chi connectivity index (χ1v) is 5.93. The number of benzene rings is 1. The van der Waals surface area contributed by atoms with E-state index in [1.54, 1.807) is 12.1 Å². The second-order valence-electron chi connectivity index (χ2n) is 4.10. The van der Waals surface area contributed by atoms with Crippen LogP contribution in [-0.4, -0.2) is 5.78 Å². The SMILES string of the molecule is CCc1ccc(C(=O)C(C#N)c2ccc(F)cc2)o1. The van der Waals surface area contributed by atoms with Crippen LogP contribution >= 0.6 is 0 Å². The molecule has 0 aliphatic carbocycles. The fourth-order valence-electron chi connectivity index (χ4n) is 1.78. The van der Waals surface area contributed by atoms with Crippen molar-refractivity contribution in [2.24, 2.45) is 0 Å². The van der Waals surface area contributed by atoms with Crippen LogP contribution in [0, 0.1) is 17.1 Å². The minimum Gasteiger partial charge on any atom is -0.458 e. The van der Waals surface area contributed by atoms with Gasteiger partial charge in [-0.25, -0.2) is 4.39 Å². The summed E-state index contributed by atoms with van der Waals surface area (Å²) in [7, 11) is 0. The van der Waals surface area contributed by atoms with Crippen molar-refractivity contribution in [1.29, 1.82) is 5.26 Å². The normalized spacial score (nSPS) is 11.8. The van der Waals surface area contributed by atoms with Gasteiger partial charge in [-0.2, -0.15) is 5.26 Å². The van der Waals surface area contributed by atoms with Crippen LogP contribution in [0.1, 0.15) is 34.7 Å². The van der Waals surface area contributed by atoms with Crippen molar-refractivity contribution < 1.29 is 13.6 Å². The molecule has 0 N–H and O–H groups in total. The molecule has 0 saturated carbocycles. The highest BCUT2D eigenvalue weighted by molar-refractivity contribution is 6.00. The molecule has 0 bridgehead atoms. The molecule has 4 heteroatoms. The van der Waals surface area contributed by atoms with E-state index in [0.29, 0.717) is 17.7 Å². The molecule has 0 saturated heterocycles. The van der Waals surface area contributed by atoms with Crippen LogP contribution in [0.2, 0.25) is 0 Å². The molecular formula is C15H12FNO2. The first-order valence-electron chi connectivity index (χ1n) is 5.93. The number of nitriles is 1. The van der Waals surface area contributed by atoms with E-state index in [1.807, 2.05) is 13.0 Å². The van der Waals surface area contributed by atoms with Gasteiger partial charge in [-0.3, -0.25) is 4.79 Å². The third-order valence-corrected chi connectivity index (χ3v) is 2.85. The summed E-state index contributed by atoms with van der Waals surface area (Å²) >= 11 is 0. The van der Waals surface area contributed by atoms with E-state index in [1.165, 1.54) is 24.3 Å². The minimum atomic E-state index is -0.976. The maximum atomic E-state index is 12.8. The van der Waals surface area contributed by atoms with Crippen LogP contribution < -0.4 is 0 Å². The highest BCUT2D eigenvalue weighted by Crippen LogP contribution is 2.22. The number of halogens is 1. The average molecular weight is 257 g/mol. The van der Waals surface area contributed by atoms with E-state index in [-0.39, 0.29) is 5.76 Å². The molecule has 0 fully saturated rings. The number of aryl methyl sites for hydroxylation is 1. The van der Waals surface area contributed by atoms with Gasteiger partial charge in [0.25, 0.3) is 0 Å². The summed E-state index contributed by atoms with van der Waals surface area (Å²) < 4.78 is 18.2. The molecule has 2 aromatic rings. The number of nitrogens with zero attached hydrogens (tertiary/aromatic N) is 1. The van der Waals surface area contributed by atoms with Crippen molar-refractivity contribution in [3.8, 4) is 6.07 Å². The van der Waals surface area contributed by atoms with Gasteiger partial charge in [0.15, 0.2) is 5.76 Å². The molecule has 3 nitrogen and oxygen atoms in total. The predicted octanol–water partition coefficient (Wildman–Crippen LogP) is 3.47. The third-order valence-electron chi connectivity index (χ3n) is 2.85. The highest BCUT2D eigenvalue weighted by Gasteiger charge is 2.24. The Kier molecular flexibility index (Phi) is 3.76. The van der Waals surface area contributed by atoms with Gasteiger partial charge in [-0.15, -0.1) is 0 Å². The van der Waals surface area contributed by atoms with Crippen LogP contribution in [0.5, 0.6) is 0 Å². The van der Waals surface area contributed by atoms with Crippen LogP contribution in [0.25, 0.3) is 0 Å². The summed E-state index contributed by atoms with van der Waals surface area (Å²) in [6, 6.07) is 10.5. The molecule has 0 amide bonds. The number of Topliss-reactive ketones (excluding diaryl/α,β-unsaturated/α-hetero) is 1. The van der Waals surface area contributed by atoms with Gasteiger partial charge < -0.3 is 4.42 Å². The molecule has 0 spiro atoms. The predicted molar refractivity (Wildman–Crippen MR) is 67.2 cm³/mol. The zero-order valence-corrected chi connectivity index (χ0v) is 10.4. The van der Waals surface area contributed by atoms with Gasteiger partial charge in [0.1, 0.15) is 17.5 Å². The van der Waals surface area contributed by atoms with Gasteiger partial charge in [0, 0.05) is 6.42 Å². The molecule has 1 heterocycles. The first kappa shape index (κ1) is 13.0. The molecule has 2 rings (SSSR count). The van der Waals surface area contributed by atoms with Gasteiger partial charge in [-0.1, -0.05) is 19.1 Å². The lowest BCUT2D eigenvalue weighted by atomic mass is 9.95. The first-order chi connectivity index (χ1) is 9.15. The number of ketones is 1. The molecule has 0 radical (unpaired) electrons. The second-order valence-corrected chi connectivity index (χ2v) is 4.10. The molecule has 1 atom stereocenters. The fourth-order valence-corrected chi connectivity index (χ4v) is 1.78. The van der Waals surface area contributed by atoms with E-state index >= 15 is 0 Å². The topological polar surface area (TPSA) is 54.0 Å². The van der Waals surface area contributed by atoms with Gasteiger partial charge in [0.05, 0.1) is 6.07 Å². The Hall–Kier alpha value is -2.41. The van der Waals surface area contributed by atoms with Gasteiger partial charge >= 0.3 is 0 Å². The van der Waals surface area contributed by atoms with E-state index in [0.717, 1.165) is 0 Å². The van der Waals surface area contributed by atoms with Crippen LogP contribution in [0.4, 0.5) is 4.39 Å². The van der Waals surface area contributed by atoms with Gasteiger partial charge in [-0.05, 0) is 29.8 Å². The van der Waals surface area contributed by atoms with Crippen molar-refractivity contribution in [1.82, 2.24) is 0 Å². The minimum absolute atomic E-state index is 0.160. The Morgan fingerprint density at radius 2 is 2.00 bits per heavy atom. The molecule has 0 aliphatic rings. The lowest BCUT2D eigenvalue weighted by molar-refractivity contribution is 0.0950. The van der Waals surface area contributed by atoms with Crippen LogP contribution in [0.15, 0.2) is 40.8 Å². The summed E-state index contributed by atoms with van der Waals surface area (Å²) in [5, 5.41) is 9.14.